The molecule has 1 saturated heterocycles. The van der Waals surface area contributed by atoms with Gasteiger partial charge in [-0.3, -0.25) is 0 Å². The first kappa shape index (κ1) is 15.3. The highest BCUT2D eigenvalue weighted by Crippen LogP contribution is 2.30. The summed E-state index contributed by atoms with van der Waals surface area (Å²) in [5.41, 5.74) is 0.298. The zero-order chi connectivity index (χ0) is 14.9. The van der Waals surface area contributed by atoms with Gasteiger partial charge in [-0.15, -0.1) is 0 Å². The highest BCUT2D eigenvalue weighted by atomic mass is 35.5. The normalized spacial score (nSPS) is 24.3. The summed E-state index contributed by atoms with van der Waals surface area (Å²) in [6, 6.07) is 6.27. The monoisotopic (exact) mass is 312 g/mol. The lowest BCUT2D eigenvalue weighted by molar-refractivity contribution is 0.212. The topological polar surface area (TPSA) is 61.2 Å². The van der Waals surface area contributed by atoms with Crippen LogP contribution in [0.4, 0.5) is 0 Å². The van der Waals surface area contributed by atoms with Crippen molar-refractivity contribution in [3.63, 3.8) is 0 Å². The van der Waals surface area contributed by atoms with Crippen LogP contribution in [0.5, 0.6) is 0 Å². The molecule has 108 valence electrons. The number of halogens is 1. The van der Waals surface area contributed by atoms with E-state index in [1.54, 1.807) is 0 Å². The van der Waals surface area contributed by atoms with E-state index in [-0.39, 0.29) is 9.92 Å². The Bertz CT molecular complexity index is 652. The van der Waals surface area contributed by atoms with Gasteiger partial charge in [-0.25, -0.2) is 8.42 Å². The Balaban J connectivity index is 2.38. The van der Waals surface area contributed by atoms with Crippen molar-refractivity contribution >= 4 is 21.6 Å². The Kier molecular flexibility index (Phi) is 4.38. The molecule has 1 aromatic carbocycles. The summed E-state index contributed by atoms with van der Waals surface area (Å²) < 4.78 is 26.8. The molecule has 0 amide bonds. The second-order valence-corrected chi connectivity index (χ2v) is 7.68. The van der Waals surface area contributed by atoms with Crippen LogP contribution in [0.2, 0.25) is 5.02 Å². The number of piperidine rings is 1. The fourth-order valence-electron chi connectivity index (χ4n) is 2.35. The first-order valence-corrected chi connectivity index (χ1v) is 8.38. The van der Waals surface area contributed by atoms with Gasteiger partial charge in [0, 0.05) is 13.1 Å². The molecule has 1 heterocycles. The zero-order valence-corrected chi connectivity index (χ0v) is 13.1. The maximum Gasteiger partial charge on any atom is 0.244 e. The van der Waals surface area contributed by atoms with E-state index in [0.29, 0.717) is 30.5 Å². The first-order chi connectivity index (χ1) is 9.36. The minimum absolute atomic E-state index is 0.0277. The molecule has 2 unspecified atom stereocenters. The fourth-order valence-corrected chi connectivity index (χ4v) is 4.41. The van der Waals surface area contributed by atoms with Gasteiger partial charge in [0.05, 0.1) is 16.7 Å². The van der Waals surface area contributed by atoms with E-state index in [0.717, 1.165) is 6.42 Å². The summed E-state index contributed by atoms with van der Waals surface area (Å²) in [6.07, 6.45) is 0.843. The highest BCUT2D eigenvalue weighted by molar-refractivity contribution is 7.89. The molecule has 20 heavy (non-hydrogen) atoms. The van der Waals surface area contributed by atoms with E-state index in [2.05, 4.69) is 13.8 Å². The van der Waals surface area contributed by atoms with Crippen LogP contribution < -0.4 is 0 Å². The third-order valence-corrected chi connectivity index (χ3v) is 6.32. The van der Waals surface area contributed by atoms with Crippen molar-refractivity contribution in [1.29, 1.82) is 5.26 Å². The molecule has 0 bridgehead atoms. The van der Waals surface area contributed by atoms with Crippen LogP contribution >= 0.6 is 11.6 Å². The molecular formula is C14H17ClN2O2S. The van der Waals surface area contributed by atoms with Gasteiger partial charge in [-0.05, 0) is 36.5 Å². The molecular weight excluding hydrogens is 296 g/mol. The number of sulfonamides is 1. The third kappa shape index (κ3) is 2.83. The molecule has 4 nitrogen and oxygen atoms in total. The van der Waals surface area contributed by atoms with Gasteiger partial charge < -0.3 is 0 Å². The molecule has 1 aliphatic rings. The van der Waals surface area contributed by atoms with Gasteiger partial charge in [0.15, 0.2) is 0 Å². The Morgan fingerprint density at radius 2 is 2.05 bits per heavy atom. The lowest BCUT2D eigenvalue weighted by Crippen LogP contribution is -2.42. The van der Waals surface area contributed by atoms with Crippen LogP contribution in [0, 0.1) is 23.2 Å². The standard InChI is InChI=1S/C14H17ClN2O2S/c1-10-5-6-17(9-11(10)2)20(18,19)14-7-12(8-16)3-4-13(14)15/h3-4,7,10-11H,5-6,9H2,1-2H3. The number of nitriles is 1. The van der Waals surface area contributed by atoms with E-state index < -0.39 is 10.0 Å². The number of nitrogens with zero attached hydrogens (tertiary/aromatic N) is 2. The molecule has 1 fully saturated rings. The Labute approximate surface area is 125 Å². The Hall–Kier alpha value is -1.09. The zero-order valence-electron chi connectivity index (χ0n) is 11.5. The van der Waals surface area contributed by atoms with Crippen LogP contribution in [0.1, 0.15) is 25.8 Å². The van der Waals surface area contributed by atoms with Crippen molar-refractivity contribution in [3.8, 4) is 6.07 Å². The van der Waals surface area contributed by atoms with Crippen molar-refractivity contribution in [1.82, 2.24) is 4.31 Å². The molecule has 2 atom stereocenters. The van der Waals surface area contributed by atoms with Crippen LogP contribution in [0.3, 0.4) is 0 Å². The molecule has 0 N–H and O–H groups in total. The minimum atomic E-state index is -3.63. The van der Waals surface area contributed by atoms with Gasteiger partial charge in [-0.2, -0.15) is 9.57 Å². The van der Waals surface area contributed by atoms with E-state index in [9.17, 15) is 8.42 Å². The summed E-state index contributed by atoms with van der Waals surface area (Å²) in [4.78, 5) is 0.0277. The van der Waals surface area contributed by atoms with Gasteiger partial charge in [0.1, 0.15) is 4.90 Å². The lowest BCUT2D eigenvalue weighted by Gasteiger charge is -2.34. The smallest absolute Gasteiger partial charge is 0.207 e. The summed E-state index contributed by atoms with van der Waals surface area (Å²) >= 11 is 6.01. The van der Waals surface area contributed by atoms with E-state index in [1.807, 2.05) is 6.07 Å². The SMILES string of the molecule is CC1CCN(S(=O)(=O)c2cc(C#N)ccc2Cl)CC1C. The molecule has 1 aliphatic heterocycles. The summed E-state index contributed by atoms with van der Waals surface area (Å²) in [6.45, 7) is 5.19. The van der Waals surface area contributed by atoms with Crippen LogP contribution in [-0.4, -0.2) is 25.8 Å². The van der Waals surface area contributed by atoms with E-state index >= 15 is 0 Å². The van der Waals surface area contributed by atoms with Crippen molar-refractivity contribution < 1.29 is 8.42 Å². The molecule has 0 spiro atoms. The predicted molar refractivity (Wildman–Crippen MR) is 77.9 cm³/mol. The Morgan fingerprint density at radius 3 is 2.65 bits per heavy atom. The molecule has 6 heteroatoms. The first-order valence-electron chi connectivity index (χ1n) is 6.56. The number of benzene rings is 1. The largest absolute Gasteiger partial charge is 0.244 e. The molecule has 0 aromatic heterocycles. The van der Waals surface area contributed by atoms with E-state index in [4.69, 9.17) is 16.9 Å². The van der Waals surface area contributed by atoms with Crippen LogP contribution in [0.25, 0.3) is 0 Å². The fraction of sp³-hybridized carbons (Fsp3) is 0.500. The van der Waals surface area contributed by atoms with Crippen LogP contribution in [-0.2, 0) is 10.0 Å². The Morgan fingerprint density at radius 1 is 1.35 bits per heavy atom. The summed E-state index contributed by atoms with van der Waals surface area (Å²) in [7, 11) is -3.63. The summed E-state index contributed by atoms with van der Waals surface area (Å²) in [5, 5.41) is 9.07. The molecule has 0 saturated carbocycles. The third-order valence-electron chi connectivity index (χ3n) is 3.97. The molecule has 0 radical (unpaired) electrons. The summed E-state index contributed by atoms with van der Waals surface area (Å²) in [5.74, 6) is 0.832. The average molecular weight is 313 g/mol. The second-order valence-electron chi connectivity index (χ2n) is 5.36. The van der Waals surface area contributed by atoms with Crippen molar-refractivity contribution in [2.24, 2.45) is 11.8 Å². The van der Waals surface area contributed by atoms with Crippen LogP contribution in [0.15, 0.2) is 23.1 Å². The van der Waals surface area contributed by atoms with E-state index in [1.165, 1.54) is 22.5 Å². The average Bonchev–Trinajstić information content (AvgIpc) is 2.42. The number of rotatable bonds is 2. The highest BCUT2D eigenvalue weighted by Gasteiger charge is 2.33. The van der Waals surface area contributed by atoms with Gasteiger partial charge >= 0.3 is 0 Å². The van der Waals surface area contributed by atoms with Gasteiger partial charge in [0.2, 0.25) is 10.0 Å². The minimum Gasteiger partial charge on any atom is -0.207 e. The van der Waals surface area contributed by atoms with Crippen molar-refractivity contribution in [3.05, 3.63) is 28.8 Å². The van der Waals surface area contributed by atoms with Gasteiger partial charge in [0.25, 0.3) is 0 Å². The molecule has 0 aliphatic carbocycles. The number of hydrogen-bond donors (Lipinski definition) is 0. The quantitative estimate of drug-likeness (QED) is 0.843. The lowest BCUT2D eigenvalue weighted by atomic mass is 9.90. The molecule has 2 rings (SSSR count). The maximum atomic E-state index is 12.7. The van der Waals surface area contributed by atoms with Crippen molar-refractivity contribution in [2.45, 2.75) is 25.2 Å². The van der Waals surface area contributed by atoms with Gasteiger partial charge in [-0.1, -0.05) is 25.4 Å². The molecule has 1 aromatic rings. The number of hydrogen-bond acceptors (Lipinski definition) is 3. The second kappa shape index (κ2) is 5.72. The van der Waals surface area contributed by atoms with Crippen molar-refractivity contribution in [2.75, 3.05) is 13.1 Å². The predicted octanol–water partition coefficient (Wildman–Crippen LogP) is 2.88. The maximum absolute atomic E-state index is 12.7.